The number of nitrogens with one attached hydrogen (secondary N) is 1. The third kappa shape index (κ3) is 7.99. The molecule has 0 spiro atoms. The van der Waals surface area contributed by atoms with E-state index in [1.165, 1.54) is 7.11 Å². The van der Waals surface area contributed by atoms with Gasteiger partial charge in [0.25, 0.3) is 0 Å². The molecule has 0 aromatic carbocycles. The largest absolute Gasteiger partial charge is 0.396 e. The lowest BCUT2D eigenvalue weighted by Gasteiger charge is -2.16. The molecule has 1 atom stereocenters. The molecule has 0 amide bonds. The number of sulfonamides is 1. The second kappa shape index (κ2) is 6.50. The summed E-state index contributed by atoms with van der Waals surface area (Å²) in [6.07, 6.45) is 1.00. The van der Waals surface area contributed by atoms with Crippen molar-refractivity contribution in [3.8, 4) is 0 Å². The van der Waals surface area contributed by atoms with Crippen LogP contribution in [0.25, 0.3) is 0 Å². The molecule has 7 nitrogen and oxygen atoms in total. The van der Waals surface area contributed by atoms with Gasteiger partial charge in [0.15, 0.2) is 14.9 Å². The van der Waals surface area contributed by atoms with Crippen molar-refractivity contribution in [3.05, 3.63) is 0 Å². The van der Waals surface area contributed by atoms with Gasteiger partial charge in [0, 0.05) is 26.0 Å². The van der Waals surface area contributed by atoms with Crippen LogP contribution in [0.5, 0.6) is 0 Å². The maximum Gasteiger partial charge on any atom is 0.226 e. The Morgan fingerprint density at radius 2 is 1.88 bits per heavy atom. The lowest BCUT2D eigenvalue weighted by atomic mass is 10.2. The monoisotopic (exact) mass is 275 g/mol. The molecule has 9 heteroatoms. The first-order valence-electron chi connectivity index (χ1n) is 4.47. The van der Waals surface area contributed by atoms with Crippen molar-refractivity contribution in [1.82, 2.24) is 4.72 Å². The highest BCUT2D eigenvalue weighted by Gasteiger charge is 2.22. The van der Waals surface area contributed by atoms with Gasteiger partial charge in [-0.05, 0) is 6.42 Å². The van der Waals surface area contributed by atoms with Crippen LogP contribution >= 0.6 is 0 Å². The molecule has 0 aliphatic rings. The molecule has 0 aromatic heterocycles. The zero-order valence-electron chi connectivity index (χ0n) is 9.21. The van der Waals surface area contributed by atoms with Crippen LogP contribution in [0.15, 0.2) is 0 Å². The summed E-state index contributed by atoms with van der Waals surface area (Å²) in [4.78, 5) is 0. The number of aliphatic hydroxyl groups excluding tert-OH is 1. The van der Waals surface area contributed by atoms with Crippen molar-refractivity contribution >= 4 is 19.9 Å². The predicted octanol–water partition coefficient (Wildman–Crippen LogP) is -1.69. The zero-order valence-corrected chi connectivity index (χ0v) is 10.8. The van der Waals surface area contributed by atoms with Gasteiger partial charge in [0.2, 0.25) is 10.0 Å². The maximum absolute atomic E-state index is 11.4. The van der Waals surface area contributed by atoms with E-state index in [0.29, 0.717) is 0 Å². The molecule has 0 aliphatic heterocycles. The standard InChI is InChI=1S/C7H17NO6S2/c1-14-5-7(3-4-9)8-16(12,13)6-15(2,10)11/h7-9H,3-6H2,1-2H3. The molecule has 0 bridgehead atoms. The third-order valence-electron chi connectivity index (χ3n) is 1.56. The van der Waals surface area contributed by atoms with E-state index >= 15 is 0 Å². The molecule has 0 heterocycles. The molecule has 0 radical (unpaired) electrons. The lowest BCUT2D eigenvalue weighted by Crippen LogP contribution is -2.41. The summed E-state index contributed by atoms with van der Waals surface area (Å²) >= 11 is 0. The fourth-order valence-electron chi connectivity index (χ4n) is 1.10. The van der Waals surface area contributed by atoms with Crippen molar-refractivity contribution in [1.29, 1.82) is 0 Å². The fourth-order valence-corrected chi connectivity index (χ4v) is 4.32. The Morgan fingerprint density at radius 3 is 2.25 bits per heavy atom. The van der Waals surface area contributed by atoms with E-state index in [2.05, 4.69) is 4.72 Å². The van der Waals surface area contributed by atoms with E-state index in [1.807, 2.05) is 0 Å². The minimum atomic E-state index is -3.91. The van der Waals surface area contributed by atoms with Gasteiger partial charge in [-0.1, -0.05) is 0 Å². The van der Waals surface area contributed by atoms with Crippen LogP contribution in [-0.4, -0.2) is 59.6 Å². The van der Waals surface area contributed by atoms with E-state index in [9.17, 15) is 16.8 Å². The zero-order chi connectivity index (χ0) is 12.8. The highest BCUT2D eigenvalue weighted by atomic mass is 32.3. The van der Waals surface area contributed by atoms with Crippen LogP contribution in [0.2, 0.25) is 0 Å². The predicted molar refractivity (Wildman–Crippen MR) is 59.1 cm³/mol. The highest BCUT2D eigenvalue weighted by molar-refractivity contribution is 8.06. The van der Waals surface area contributed by atoms with Crippen LogP contribution in [-0.2, 0) is 24.6 Å². The molecule has 16 heavy (non-hydrogen) atoms. The van der Waals surface area contributed by atoms with E-state index < -0.39 is 31.0 Å². The molecule has 0 rings (SSSR count). The van der Waals surface area contributed by atoms with Gasteiger partial charge in [0.05, 0.1) is 6.61 Å². The van der Waals surface area contributed by atoms with Gasteiger partial charge in [0.1, 0.15) is 0 Å². The topological polar surface area (TPSA) is 110 Å². The van der Waals surface area contributed by atoms with Crippen molar-refractivity contribution in [2.24, 2.45) is 0 Å². The summed E-state index contributed by atoms with van der Waals surface area (Å²) in [5.41, 5.74) is 0. The van der Waals surface area contributed by atoms with Gasteiger partial charge in [-0.3, -0.25) is 0 Å². The molecule has 2 N–H and O–H groups in total. The molecule has 0 saturated heterocycles. The molecule has 1 unspecified atom stereocenters. The minimum Gasteiger partial charge on any atom is -0.396 e. The van der Waals surface area contributed by atoms with Crippen LogP contribution in [0, 0.1) is 0 Å². The molecule has 0 aliphatic carbocycles. The average Bonchev–Trinajstić information content (AvgIpc) is 1.98. The number of rotatable bonds is 8. The maximum atomic E-state index is 11.4. The summed E-state index contributed by atoms with van der Waals surface area (Å²) in [5.74, 6) is 0. The third-order valence-corrected chi connectivity index (χ3v) is 5.21. The van der Waals surface area contributed by atoms with E-state index in [-0.39, 0.29) is 19.6 Å². The van der Waals surface area contributed by atoms with Gasteiger partial charge in [-0.2, -0.15) is 0 Å². The summed E-state index contributed by atoms with van der Waals surface area (Å²) in [6.45, 7) is -0.140. The molecular formula is C7H17NO6S2. The normalized spacial score (nSPS) is 14.9. The average molecular weight is 275 g/mol. The summed E-state index contributed by atoms with van der Waals surface area (Å²) < 4.78 is 51.4. The molecule has 0 fully saturated rings. The van der Waals surface area contributed by atoms with Crippen molar-refractivity contribution in [2.75, 3.05) is 31.7 Å². The van der Waals surface area contributed by atoms with Gasteiger partial charge in [-0.25, -0.2) is 21.6 Å². The van der Waals surface area contributed by atoms with Crippen LogP contribution in [0.3, 0.4) is 0 Å². The Kier molecular flexibility index (Phi) is 6.41. The lowest BCUT2D eigenvalue weighted by molar-refractivity contribution is 0.158. The first kappa shape index (κ1) is 15.8. The van der Waals surface area contributed by atoms with Crippen molar-refractivity contribution < 1.29 is 26.7 Å². The number of methoxy groups -OCH3 is 1. The quantitative estimate of drug-likeness (QED) is 0.547. The summed E-state index contributed by atoms with van der Waals surface area (Å²) in [5, 5.41) is 7.72. The molecule has 0 aromatic rings. The second-order valence-electron chi connectivity index (χ2n) is 3.44. The first-order valence-corrected chi connectivity index (χ1v) is 8.19. The summed E-state index contributed by atoms with van der Waals surface area (Å²) in [6, 6.07) is -0.623. The smallest absolute Gasteiger partial charge is 0.226 e. The highest BCUT2D eigenvalue weighted by Crippen LogP contribution is 1.98. The number of sulfone groups is 1. The van der Waals surface area contributed by atoms with Gasteiger partial charge >= 0.3 is 0 Å². The van der Waals surface area contributed by atoms with Crippen molar-refractivity contribution in [3.63, 3.8) is 0 Å². The van der Waals surface area contributed by atoms with Crippen LogP contribution in [0.4, 0.5) is 0 Å². The van der Waals surface area contributed by atoms with E-state index in [0.717, 1.165) is 6.26 Å². The number of ether oxygens (including phenoxy) is 1. The summed E-state index contributed by atoms with van der Waals surface area (Å²) in [7, 11) is -6.14. The molecular weight excluding hydrogens is 258 g/mol. The van der Waals surface area contributed by atoms with Crippen molar-refractivity contribution in [2.45, 2.75) is 12.5 Å². The second-order valence-corrected chi connectivity index (χ2v) is 7.70. The Labute approximate surface area is 95.8 Å². The SMILES string of the molecule is COCC(CCO)NS(=O)(=O)CS(C)(=O)=O. The van der Waals surface area contributed by atoms with Gasteiger partial charge in [-0.15, -0.1) is 0 Å². The minimum absolute atomic E-state index is 0.0730. The number of aliphatic hydroxyl groups is 1. The van der Waals surface area contributed by atoms with E-state index in [1.54, 1.807) is 0 Å². The molecule has 0 saturated carbocycles. The number of hydrogen-bond acceptors (Lipinski definition) is 6. The van der Waals surface area contributed by atoms with Crippen LogP contribution in [0.1, 0.15) is 6.42 Å². The number of hydrogen-bond donors (Lipinski definition) is 2. The fraction of sp³-hybridized carbons (Fsp3) is 1.00. The molecule has 98 valence electrons. The van der Waals surface area contributed by atoms with Crippen LogP contribution < -0.4 is 4.72 Å². The Hall–Kier alpha value is -0.220. The Balaban J connectivity index is 4.53. The Morgan fingerprint density at radius 1 is 1.31 bits per heavy atom. The van der Waals surface area contributed by atoms with E-state index in [4.69, 9.17) is 9.84 Å². The first-order chi connectivity index (χ1) is 7.20. The Bertz CT molecular complexity index is 381. The van der Waals surface area contributed by atoms with Gasteiger partial charge < -0.3 is 9.84 Å².